The van der Waals surface area contributed by atoms with E-state index in [-0.39, 0.29) is 18.1 Å². The van der Waals surface area contributed by atoms with E-state index >= 15 is 0 Å². The second kappa shape index (κ2) is 19.3. The Bertz CT molecular complexity index is 479. The van der Waals surface area contributed by atoms with Gasteiger partial charge in [0.05, 0.1) is 5.75 Å². The third kappa shape index (κ3) is 21.9. The van der Waals surface area contributed by atoms with Gasteiger partial charge in [-0.1, -0.05) is 103 Å². The van der Waals surface area contributed by atoms with E-state index in [9.17, 15) is 13.2 Å². The molecule has 0 saturated heterocycles. The van der Waals surface area contributed by atoms with Crippen molar-refractivity contribution in [3.05, 3.63) is 0 Å². The Labute approximate surface area is 180 Å². The lowest BCUT2D eigenvalue weighted by atomic mass is 10.0. The van der Waals surface area contributed by atoms with Crippen LogP contribution in [0.5, 0.6) is 0 Å². The SMILES string of the molecule is CCCCCCCCCCCCCCCCCCC(=O)N(C)CCCS(=O)(=O)O. The first kappa shape index (κ1) is 28.4. The molecule has 0 aliphatic heterocycles. The van der Waals surface area contributed by atoms with Crippen molar-refractivity contribution < 1.29 is 17.8 Å². The minimum absolute atomic E-state index is 0.0608. The molecule has 0 atom stereocenters. The Balaban J connectivity index is 3.31. The largest absolute Gasteiger partial charge is 0.346 e. The molecule has 29 heavy (non-hydrogen) atoms. The van der Waals surface area contributed by atoms with Crippen molar-refractivity contribution in [2.45, 2.75) is 122 Å². The summed E-state index contributed by atoms with van der Waals surface area (Å²) in [5, 5.41) is 0. The van der Waals surface area contributed by atoms with E-state index in [2.05, 4.69) is 6.92 Å². The number of carbonyl (C=O) groups excluding carboxylic acids is 1. The smallest absolute Gasteiger partial charge is 0.264 e. The van der Waals surface area contributed by atoms with Gasteiger partial charge in [-0.3, -0.25) is 9.35 Å². The molecule has 6 heteroatoms. The molecule has 0 radical (unpaired) electrons. The zero-order valence-corrected chi connectivity index (χ0v) is 20.0. The molecule has 0 aromatic carbocycles. The fourth-order valence-electron chi connectivity index (χ4n) is 3.62. The first-order valence-corrected chi connectivity index (χ1v) is 13.7. The molecule has 0 aliphatic rings. The summed E-state index contributed by atoms with van der Waals surface area (Å²) in [5.74, 6) is -0.227. The fraction of sp³-hybridized carbons (Fsp3) is 0.957. The van der Waals surface area contributed by atoms with Crippen molar-refractivity contribution in [1.29, 1.82) is 0 Å². The van der Waals surface area contributed by atoms with E-state index in [1.165, 1.54) is 89.9 Å². The van der Waals surface area contributed by atoms with Crippen LogP contribution >= 0.6 is 0 Å². The van der Waals surface area contributed by atoms with Crippen molar-refractivity contribution in [2.24, 2.45) is 0 Å². The van der Waals surface area contributed by atoms with Crippen LogP contribution in [0.25, 0.3) is 0 Å². The normalized spacial score (nSPS) is 11.7. The second-order valence-corrected chi connectivity index (χ2v) is 10.1. The molecule has 0 bridgehead atoms. The minimum atomic E-state index is -3.93. The van der Waals surface area contributed by atoms with Gasteiger partial charge in [-0.2, -0.15) is 8.42 Å². The quantitative estimate of drug-likeness (QED) is 0.168. The van der Waals surface area contributed by atoms with Crippen LogP contribution < -0.4 is 0 Å². The fourth-order valence-corrected chi connectivity index (χ4v) is 4.12. The second-order valence-electron chi connectivity index (χ2n) is 8.51. The Hall–Kier alpha value is -0.620. The van der Waals surface area contributed by atoms with Gasteiger partial charge in [0.1, 0.15) is 0 Å². The van der Waals surface area contributed by atoms with Crippen molar-refractivity contribution in [3.8, 4) is 0 Å². The summed E-state index contributed by atoms with van der Waals surface area (Å²) in [4.78, 5) is 13.5. The molecule has 0 aromatic heterocycles. The molecule has 0 unspecified atom stereocenters. The zero-order valence-electron chi connectivity index (χ0n) is 19.2. The molecule has 0 rings (SSSR count). The molecule has 174 valence electrons. The molecule has 0 fully saturated rings. The maximum Gasteiger partial charge on any atom is 0.264 e. The van der Waals surface area contributed by atoms with Gasteiger partial charge in [-0.05, 0) is 12.8 Å². The van der Waals surface area contributed by atoms with E-state index in [0.29, 0.717) is 13.0 Å². The van der Waals surface area contributed by atoms with E-state index < -0.39 is 10.1 Å². The first-order chi connectivity index (χ1) is 13.9. The van der Waals surface area contributed by atoms with Gasteiger partial charge in [0.15, 0.2) is 0 Å². The summed E-state index contributed by atoms with van der Waals surface area (Å²) in [7, 11) is -2.23. The van der Waals surface area contributed by atoms with Gasteiger partial charge < -0.3 is 4.90 Å². The standard InChI is InChI=1S/C23H47NO4S/c1-3-4-5-6-7-8-9-10-11-12-13-14-15-16-17-18-20-23(25)24(2)21-19-22-29(26,27)28/h3-22H2,1-2H3,(H,26,27,28). The van der Waals surface area contributed by atoms with Crippen LogP contribution in [0, 0.1) is 0 Å². The highest BCUT2D eigenvalue weighted by Crippen LogP contribution is 2.14. The molecule has 1 N–H and O–H groups in total. The van der Waals surface area contributed by atoms with Gasteiger partial charge in [0, 0.05) is 20.0 Å². The average molecular weight is 434 g/mol. The van der Waals surface area contributed by atoms with Crippen LogP contribution in [0.2, 0.25) is 0 Å². The maximum absolute atomic E-state index is 12.0. The number of unbranched alkanes of at least 4 members (excludes halogenated alkanes) is 15. The number of amides is 1. The monoisotopic (exact) mass is 433 g/mol. The zero-order chi connectivity index (χ0) is 21.8. The Kier molecular flexibility index (Phi) is 18.9. The van der Waals surface area contributed by atoms with Crippen LogP contribution in [-0.2, 0) is 14.9 Å². The summed E-state index contributed by atoms with van der Waals surface area (Å²) >= 11 is 0. The van der Waals surface area contributed by atoms with Gasteiger partial charge in [0.25, 0.3) is 10.1 Å². The number of nitrogens with zero attached hydrogens (tertiary/aromatic N) is 1. The summed E-state index contributed by atoms with van der Waals surface area (Å²) < 4.78 is 30.0. The molecule has 1 amide bonds. The molecule has 0 saturated carbocycles. The van der Waals surface area contributed by atoms with Crippen LogP contribution in [0.4, 0.5) is 0 Å². The van der Waals surface area contributed by atoms with Crippen molar-refractivity contribution in [3.63, 3.8) is 0 Å². The number of carbonyl (C=O) groups is 1. The molecule has 5 nitrogen and oxygen atoms in total. The Morgan fingerprint density at radius 3 is 1.45 bits per heavy atom. The van der Waals surface area contributed by atoms with Gasteiger partial charge in [-0.25, -0.2) is 0 Å². The number of hydrogen-bond acceptors (Lipinski definition) is 3. The summed E-state index contributed by atoms with van der Waals surface area (Å²) in [6, 6.07) is 0. The lowest BCUT2D eigenvalue weighted by molar-refractivity contribution is -0.130. The van der Waals surface area contributed by atoms with Gasteiger partial charge >= 0.3 is 0 Å². The summed E-state index contributed by atoms with van der Waals surface area (Å²) in [6.07, 6.45) is 21.8. The van der Waals surface area contributed by atoms with E-state index in [4.69, 9.17) is 4.55 Å². The highest BCUT2D eigenvalue weighted by atomic mass is 32.2. The van der Waals surface area contributed by atoms with E-state index in [1.807, 2.05) is 0 Å². The van der Waals surface area contributed by atoms with Crippen molar-refractivity contribution >= 4 is 16.0 Å². The lowest BCUT2D eigenvalue weighted by Crippen LogP contribution is -2.28. The van der Waals surface area contributed by atoms with Crippen molar-refractivity contribution in [2.75, 3.05) is 19.3 Å². The topological polar surface area (TPSA) is 74.7 Å². The third-order valence-electron chi connectivity index (χ3n) is 5.57. The molecule has 0 heterocycles. The Morgan fingerprint density at radius 2 is 1.07 bits per heavy atom. The highest BCUT2D eigenvalue weighted by Gasteiger charge is 2.10. The number of hydrogen-bond donors (Lipinski definition) is 1. The van der Waals surface area contributed by atoms with E-state index in [1.54, 1.807) is 11.9 Å². The Morgan fingerprint density at radius 1 is 0.690 bits per heavy atom. The first-order valence-electron chi connectivity index (χ1n) is 12.1. The average Bonchev–Trinajstić information content (AvgIpc) is 2.66. The van der Waals surface area contributed by atoms with Crippen LogP contribution in [0.3, 0.4) is 0 Å². The molecular weight excluding hydrogens is 386 g/mol. The summed E-state index contributed by atoms with van der Waals surface area (Å²) in [6.45, 7) is 2.64. The van der Waals surface area contributed by atoms with Crippen molar-refractivity contribution in [1.82, 2.24) is 4.90 Å². The van der Waals surface area contributed by atoms with Gasteiger partial charge in [0.2, 0.25) is 5.91 Å². The lowest BCUT2D eigenvalue weighted by Gasteiger charge is -2.16. The maximum atomic E-state index is 12.0. The molecular formula is C23H47NO4S. The van der Waals surface area contributed by atoms with Gasteiger partial charge in [-0.15, -0.1) is 0 Å². The molecule has 0 aliphatic carbocycles. The number of rotatable bonds is 21. The summed E-state index contributed by atoms with van der Waals surface area (Å²) in [5.41, 5.74) is 0. The predicted octanol–water partition coefficient (Wildman–Crippen LogP) is 6.37. The van der Waals surface area contributed by atoms with E-state index in [0.717, 1.165) is 12.8 Å². The molecule has 0 aromatic rings. The van der Waals surface area contributed by atoms with Crippen LogP contribution in [0.1, 0.15) is 122 Å². The third-order valence-corrected chi connectivity index (χ3v) is 6.37. The van der Waals surface area contributed by atoms with Crippen LogP contribution in [-0.4, -0.2) is 43.1 Å². The minimum Gasteiger partial charge on any atom is -0.346 e. The van der Waals surface area contributed by atoms with Crippen LogP contribution in [0.15, 0.2) is 0 Å². The highest BCUT2D eigenvalue weighted by molar-refractivity contribution is 7.85. The molecule has 0 spiro atoms. The predicted molar refractivity (Wildman–Crippen MR) is 123 cm³/mol.